The van der Waals surface area contributed by atoms with Crippen molar-refractivity contribution < 1.29 is 24.2 Å². The Morgan fingerprint density at radius 1 is 1.38 bits per heavy atom. The van der Waals surface area contributed by atoms with Gasteiger partial charge in [-0.15, -0.1) is 0 Å². The quantitative estimate of drug-likeness (QED) is 0.681. The molecule has 0 aliphatic heterocycles. The minimum absolute atomic E-state index is 0.00528. The van der Waals surface area contributed by atoms with Gasteiger partial charge in [-0.05, 0) is 43.0 Å². The molecule has 1 fully saturated rings. The molecule has 0 amide bonds. The van der Waals surface area contributed by atoms with Crippen molar-refractivity contribution in [2.24, 2.45) is 0 Å². The first-order valence-corrected chi connectivity index (χ1v) is 6.88. The zero-order valence-corrected chi connectivity index (χ0v) is 11.9. The van der Waals surface area contributed by atoms with E-state index >= 15 is 0 Å². The second-order valence-corrected chi connectivity index (χ2v) is 4.90. The Balaban J connectivity index is 1.97. The first-order chi connectivity index (χ1) is 10.1. The van der Waals surface area contributed by atoms with E-state index < -0.39 is 12.1 Å². The van der Waals surface area contributed by atoms with Gasteiger partial charge in [-0.3, -0.25) is 4.79 Å². The van der Waals surface area contributed by atoms with E-state index in [0.717, 1.165) is 12.8 Å². The summed E-state index contributed by atoms with van der Waals surface area (Å²) in [6.45, 7) is 0. The van der Waals surface area contributed by atoms with E-state index in [4.69, 9.17) is 9.47 Å². The summed E-state index contributed by atoms with van der Waals surface area (Å²) in [6, 6.07) is 4.73. The van der Waals surface area contributed by atoms with Gasteiger partial charge < -0.3 is 14.6 Å². The first-order valence-electron chi connectivity index (χ1n) is 6.88. The molecular formula is C16H18O5. The van der Waals surface area contributed by atoms with E-state index in [1.807, 2.05) is 0 Å². The van der Waals surface area contributed by atoms with Crippen molar-refractivity contribution in [2.75, 3.05) is 7.11 Å². The molecule has 0 aromatic heterocycles. The van der Waals surface area contributed by atoms with Gasteiger partial charge >= 0.3 is 5.97 Å². The summed E-state index contributed by atoms with van der Waals surface area (Å²) >= 11 is 0. The molecule has 5 nitrogen and oxygen atoms in total. The van der Waals surface area contributed by atoms with Gasteiger partial charge in [0.2, 0.25) is 0 Å². The third-order valence-corrected chi connectivity index (χ3v) is 3.37. The molecule has 0 bridgehead atoms. The van der Waals surface area contributed by atoms with Gasteiger partial charge in [0.05, 0.1) is 7.11 Å². The lowest BCUT2D eigenvalue weighted by molar-refractivity contribution is -0.152. The zero-order valence-electron chi connectivity index (χ0n) is 11.9. The number of phenols is 1. The molecule has 112 valence electrons. The van der Waals surface area contributed by atoms with Crippen LogP contribution >= 0.6 is 0 Å². The summed E-state index contributed by atoms with van der Waals surface area (Å²) in [6.07, 6.45) is 5.08. The van der Waals surface area contributed by atoms with Gasteiger partial charge in [0, 0.05) is 12.5 Å². The average Bonchev–Trinajstić information content (AvgIpc) is 2.49. The van der Waals surface area contributed by atoms with Crippen LogP contribution in [0.1, 0.15) is 31.2 Å². The number of carbonyl (C=O) groups excluding carboxylic acids is 2. The fraction of sp³-hybridized carbons (Fsp3) is 0.375. The lowest BCUT2D eigenvalue weighted by Crippen LogP contribution is -2.29. The van der Waals surface area contributed by atoms with Gasteiger partial charge in [0.25, 0.3) is 0 Å². The highest BCUT2D eigenvalue weighted by atomic mass is 16.5. The maximum atomic E-state index is 11.7. The van der Waals surface area contributed by atoms with Crippen LogP contribution in [0.25, 0.3) is 6.08 Å². The number of rotatable bonds is 4. The lowest BCUT2D eigenvalue weighted by Gasteiger charge is -2.19. The number of phenolic OH excluding ortho intramolecular Hbond substituents is 1. The number of hydrogen-bond donors (Lipinski definition) is 1. The molecular weight excluding hydrogens is 272 g/mol. The summed E-state index contributed by atoms with van der Waals surface area (Å²) in [5.74, 6) is -0.186. The molecule has 5 heteroatoms. The number of ether oxygens (including phenoxy) is 2. The van der Waals surface area contributed by atoms with Crippen LogP contribution in [0.5, 0.6) is 11.5 Å². The van der Waals surface area contributed by atoms with Gasteiger partial charge in [0.1, 0.15) is 0 Å². The zero-order chi connectivity index (χ0) is 15.2. The maximum Gasteiger partial charge on any atom is 0.331 e. The molecule has 0 spiro atoms. The number of aromatic hydroxyl groups is 1. The number of esters is 1. The average molecular weight is 290 g/mol. The van der Waals surface area contributed by atoms with Crippen molar-refractivity contribution in [3.8, 4) is 11.5 Å². The Morgan fingerprint density at radius 2 is 2.19 bits per heavy atom. The molecule has 1 saturated carbocycles. The van der Waals surface area contributed by atoms with Crippen LogP contribution < -0.4 is 4.74 Å². The topological polar surface area (TPSA) is 72.8 Å². The molecule has 2 rings (SSSR count). The monoisotopic (exact) mass is 290 g/mol. The normalized spacial score (nSPS) is 18.7. The first kappa shape index (κ1) is 15.1. The summed E-state index contributed by atoms with van der Waals surface area (Å²) < 4.78 is 10.1. The highest BCUT2D eigenvalue weighted by Gasteiger charge is 2.24. The number of methoxy groups -OCH3 is 1. The molecule has 1 unspecified atom stereocenters. The van der Waals surface area contributed by atoms with Gasteiger partial charge in [-0.2, -0.15) is 0 Å². The molecule has 1 aliphatic carbocycles. The van der Waals surface area contributed by atoms with E-state index in [9.17, 15) is 14.7 Å². The van der Waals surface area contributed by atoms with Crippen molar-refractivity contribution in [2.45, 2.75) is 31.8 Å². The Morgan fingerprint density at radius 3 is 2.90 bits per heavy atom. The van der Waals surface area contributed by atoms with Crippen LogP contribution in [0.15, 0.2) is 24.3 Å². The molecule has 1 aliphatic rings. The van der Waals surface area contributed by atoms with E-state index in [1.165, 1.54) is 19.3 Å². The number of ketones is 1. The second-order valence-electron chi connectivity index (χ2n) is 4.90. The van der Waals surface area contributed by atoms with Crippen LogP contribution in [0.4, 0.5) is 0 Å². The predicted octanol–water partition coefficient (Wildman–Crippen LogP) is 2.47. The molecule has 21 heavy (non-hydrogen) atoms. The van der Waals surface area contributed by atoms with Gasteiger partial charge in [-0.25, -0.2) is 4.79 Å². The van der Waals surface area contributed by atoms with Gasteiger partial charge in [0.15, 0.2) is 23.4 Å². The van der Waals surface area contributed by atoms with E-state index in [-0.39, 0.29) is 11.5 Å². The fourth-order valence-corrected chi connectivity index (χ4v) is 2.22. The summed E-state index contributed by atoms with van der Waals surface area (Å²) in [5.41, 5.74) is 0.691. The van der Waals surface area contributed by atoms with Crippen LogP contribution in [0.3, 0.4) is 0 Å². The minimum Gasteiger partial charge on any atom is -0.504 e. The Hall–Kier alpha value is -2.30. The van der Waals surface area contributed by atoms with Crippen LogP contribution in [0, 0.1) is 0 Å². The SMILES string of the molecule is COc1cc(C=CC(=O)OC2CCCCC2=O)ccc1O. The molecule has 1 atom stereocenters. The largest absolute Gasteiger partial charge is 0.504 e. The Kier molecular flexibility index (Phi) is 4.98. The smallest absolute Gasteiger partial charge is 0.331 e. The molecule has 0 radical (unpaired) electrons. The van der Waals surface area contributed by atoms with Crippen molar-refractivity contribution in [3.05, 3.63) is 29.8 Å². The summed E-state index contributed by atoms with van der Waals surface area (Å²) in [4.78, 5) is 23.3. The van der Waals surface area contributed by atoms with Crippen LogP contribution in [-0.4, -0.2) is 30.1 Å². The fourth-order valence-electron chi connectivity index (χ4n) is 2.22. The second kappa shape index (κ2) is 6.92. The molecule has 1 aromatic rings. The van der Waals surface area contributed by atoms with Crippen molar-refractivity contribution in [1.29, 1.82) is 0 Å². The lowest BCUT2D eigenvalue weighted by atomic mass is 9.96. The molecule has 0 saturated heterocycles. The molecule has 1 aromatic carbocycles. The number of Topliss-reactive ketones (excluding diaryl/α,β-unsaturated/α-hetero) is 1. The van der Waals surface area contributed by atoms with Gasteiger partial charge in [-0.1, -0.05) is 6.07 Å². The molecule has 0 heterocycles. The number of hydrogen-bond acceptors (Lipinski definition) is 5. The van der Waals surface area contributed by atoms with Crippen LogP contribution in [-0.2, 0) is 14.3 Å². The maximum absolute atomic E-state index is 11.7. The van der Waals surface area contributed by atoms with Crippen molar-refractivity contribution in [1.82, 2.24) is 0 Å². The Bertz CT molecular complexity index is 562. The number of benzene rings is 1. The highest BCUT2D eigenvalue weighted by Crippen LogP contribution is 2.26. The summed E-state index contributed by atoms with van der Waals surface area (Å²) in [7, 11) is 1.45. The number of carbonyl (C=O) groups is 2. The van der Waals surface area contributed by atoms with Crippen LogP contribution in [0.2, 0.25) is 0 Å². The standard InChI is InChI=1S/C16H18O5/c1-20-15-10-11(6-8-13(15)18)7-9-16(19)21-14-5-3-2-4-12(14)17/h6-10,14,18H,2-5H2,1H3. The van der Waals surface area contributed by atoms with E-state index in [1.54, 1.807) is 18.2 Å². The minimum atomic E-state index is -0.606. The van der Waals surface area contributed by atoms with E-state index in [0.29, 0.717) is 24.2 Å². The summed E-state index contributed by atoms with van der Waals surface area (Å²) in [5, 5.41) is 9.48. The van der Waals surface area contributed by atoms with E-state index in [2.05, 4.69) is 0 Å². The third-order valence-electron chi connectivity index (χ3n) is 3.37. The molecule has 1 N–H and O–H groups in total. The van der Waals surface area contributed by atoms with Crippen molar-refractivity contribution in [3.63, 3.8) is 0 Å². The Labute approximate surface area is 123 Å². The highest BCUT2D eigenvalue weighted by molar-refractivity contribution is 5.91. The predicted molar refractivity (Wildman–Crippen MR) is 77.0 cm³/mol. The van der Waals surface area contributed by atoms with Crippen molar-refractivity contribution >= 4 is 17.8 Å². The third kappa shape index (κ3) is 4.08.